The summed E-state index contributed by atoms with van der Waals surface area (Å²) in [5.41, 5.74) is 2.92. The van der Waals surface area contributed by atoms with Crippen LogP contribution in [0.15, 0.2) is 42.5 Å². The summed E-state index contributed by atoms with van der Waals surface area (Å²) in [5.74, 6) is -1.59. The molecule has 7 heteroatoms. The summed E-state index contributed by atoms with van der Waals surface area (Å²) in [6, 6.07) is 12.3. The second kappa shape index (κ2) is 9.56. The van der Waals surface area contributed by atoms with Gasteiger partial charge in [-0.05, 0) is 47.7 Å². The monoisotopic (exact) mass is 416 g/mol. The van der Waals surface area contributed by atoms with Gasteiger partial charge in [0, 0.05) is 16.3 Å². The molecule has 0 bridgehead atoms. The van der Waals surface area contributed by atoms with Crippen molar-refractivity contribution in [2.24, 2.45) is 0 Å². The van der Waals surface area contributed by atoms with Crippen LogP contribution in [0.2, 0.25) is 5.02 Å². The molecule has 0 fully saturated rings. The van der Waals surface area contributed by atoms with Gasteiger partial charge in [-0.15, -0.1) is 0 Å². The summed E-state index contributed by atoms with van der Waals surface area (Å²) >= 11 is 5.90. The zero-order valence-electron chi connectivity index (χ0n) is 17.0. The molecule has 6 nitrogen and oxygen atoms in total. The van der Waals surface area contributed by atoms with E-state index in [2.05, 4.69) is 31.4 Å². The normalized spacial score (nSPS) is 10.9. The third-order valence-electron chi connectivity index (χ3n) is 4.24. The van der Waals surface area contributed by atoms with Crippen molar-refractivity contribution in [3.8, 4) is 0 Å². The van der Waals surface area contributed by atoms with Crippen molar-refractivity contribution in [3.05, 3.63) is 64.2 Å². The Hall–Kier alpha value is -2.86. The second-order valence-corrected chi connectivity index (χ2v) is 8.11. The number of nitrogens with one attached hydrogen (secondary N) is 2. The van der Waals surface area contributed by atoms with Crippen molar-refractivity contribution < 1.29 is 19.1 Å². The number of carbonyl (C=O) groups excluding carboxylic acids is 3. The van der Waals surface area contributed by atoms with Gasteiger partial charge in [-0.3, -0.25) is 14.4 Å². The summed E-state index contributed by atoms with van der Waals surface area (Å²) in [5, 5.41) is 5.60. The molecule has 0 saturated heterocycles. The van der Waals surface area contributed by atoms with Crippen molar-refractivity contribution in [2.75, 3.05) is 18.5 Å². The Kier molecular flexibility index (Phi) is 7.40. The molecule has 0 spiro atoms. The van der Waals surface area contributed by atoms with Crippen molar-refractivity contribution >= 4 is 35.1 Å². The molecule has 0 heterocycles. The first-order chi connectivity index (χ1) is 13.6. The van der Waals surface area contributed by atoms with Crippen molar-refractivity contribution in [2.45, 2.75) is 33.1 Å². The van der Waals surface area contributed by atoms with E-state index in [1.807, 2.05) is 19.1 Å². The van der Waals surface area contributed by atoms with E-state index in [1.165, 1.54) is 0 Å². The Morgan fingerprint density at radius 3 is 2.31 bits per heavy atom. The number of anilines is 1. The number of rotatable bonds is 6. The molecular formula is C22H25ClN2O4. The topological polar surface area (TPSA) is 84.5 Å². The van der Waals surface area contributed by atoms with Crippen molar-refractivity contribution in [1.82, 2.24) is 5.32 Å². The van der Waals surface area contributed by atoms with Crippen LogP contribution in [0.4, 0.5) is 5.69 Å². The second-order valence-electron chi connectivity index (χ2n) is 7.68. The van der Waals surface area contributed by atoms with E-state index in [4.69, 9.17) is 16.3 Å². The summed E-state index contributed by atoms with van der Waals surface area (Å²) in [7, 11) is 0. The van der Waals surface area contributed by atoms with Crippen LogP contribution >= 0.6 is 11.6 Å². The Labute approximate surface area is 175 Å². The molecule has 2 aromatic carbocycles. The largest absolute Gasteiger partial charge is 0.454 e. The van der Waals surface area contributed by atoms with Gasteiger partial charge in [0.15, 0.2) is 6.61 Å². The van der Waals surface area contributed by atoms with Crippen LogP contribution in [0.25, 0.3) is 0 Å². The van der Waals surface area contributed by atoms with Gasteiger partial charge < -0.3 is 15.4 Å². The minimum Gasteiger partial charge on any atom is -0.454 e. The molecule has 0 unspecified atom stereocenters. The van der Waals surface area contributed by atoms with E-state index in [0.29, 0.717) is 16.3 Å². The third-order valence-corrected chi connectivity index (χ3v) is 4.48. The number of benzene rings is 2. The first-order valence-electron chi connectivity index (χ1n) is 9.16. The van der Waals surface area contributed by atoms with Crippen LogP contribution in [0.1, 0.15) is 42.3 Å². The Morgan fingerprint density at radius 2 is 1.69 bits per heavy atom. The number of amides is 2. The minimum atomic E-state index is -0.706. The van der Waals surface area contributed by atoms with Crippen molar-refractivity contribution in [3.63, 3.8) is 0 Å². The first kappa shape index (κ1) is 22.4. The number of aryl methyl sites for hydroxylation is 1. The van der Waals surface area contributed by atoms with E-state index >= 15 is 0 Å². The number of hydrogen-bond donors (Lipinski definition) is 2. The maximum absolute atomic E-state index is 12.1. The van der Waals surface area contributed by atoms with Gasteiger partial charge in [0.05, 0.1) is 0 Å². The van der Waals surface area contributed by atoms with Gasteiger partial charge in [0.2, 0.25) is 0 Å². The van der Waals surface area contributed by atoms with Crippen LogP contribution in [0.5, 0.6) is 0 Å². The Bertz CT molecular complexity index is 902. The molecule has 0 aliphatic rings. The van der Waals surface area contributed by atoms with Crippen LogP contribution in [0, 0.1) is 6.92 Å². The molecule has 0 atom stereocenters. The van der Waals surface area contributed by atoms with Crippen LogP contribution in [-0.4, -0.2) is 30.9 Å². The van der Waals surface area contributed by atoms with E-state index < -0.39 is 18.5 Å². The fourth-order valence-corrected chi connectivity index (χ4v) is 2.66. The molecule has 0 aliphatic carbocycles. The maximum Gasteiger partial charge on any atom is 0.325 e. The molecule has 29 heavy (non-hydrogen) atoms. The molecule has 2 aromatic rings. The first-order valence-corrected chi connectivity index (χ1v) is 9.54. The molecule has 2 N–H and O–H groups in total. The summed E-state index contributed by atoms with van der Waals surface area (Å²) in [4.78, 5) is 35.9. The molecule has 0 radical (unpaired) electrons. The number of hydrogen-bond acceptors (Lipinski definition) is 4. The highest BCUT2D eigenvalue weighted by molar-refractivity contribution is 6.31. The summed E-state index contributed by atoms with van der Waals surface area (Å²) in [6.45, 7) is 7.29. The molecule has 0 aromatic heterocycles. The lowest BCUT2D eigenvalue weighted by Gasteiger charge is -2.19. The summed E-state index contributed by atoms with van der Waals surface area (Å²) < 4.78 is 4.90. The van der Waals surface area contributed by atoms with Crippen LogP contribution in [0.3, 0.4) is 0 Å². The Balaban J connectivity index is 1.78. The van der Waals surface area contributed by atoms with E-state index in [9.17, 15) is 14.4 Å². The van der Waals surface area contributed by atoms with Gasteiger partial charge in [-0.25, -0.2) is 0 Å². The number of halogens is 1. The lowest BCUT2D eigenvalue weighted by Crippen LogP contribution is -2.32. The van der Waals surface area contributed by atoms with Gasteiger partial charge in [-0.2, -0.15) is 0 Å². The highest BCUT2D eigenvalue weighted by Crippen LogP contribution is 2.22. The van der Waals surface area contributed by atoms with Crippen LogP contribution < -0.4 is 10.6 Å². The maximum atomic E-state index is 12.1. The predicted octanol–water partition coefficient (Wildman–Crippen LogP) is 3.86. The van der Waals surface area contributed by atoms with Gasteiger partial charge in [0.1, 0.15) is 6.54 Å². The predicted molar refractivity (Wildman–Crippen MR) is 113 cm³/mol. The molecule has 2 amide bonds. The smallest absolute Gasteiger partial charge is 0.325 e. The lowest BCUT2D eigenvalue weighted by molar-refractivity contribution is -0.146. The van der Waals surface area contributed by atoms with Gasteiger partial charge in [0.25, 0.3) is 11.8 Å². The number of esters is 1. The Morgan fingerprint density at radius 1 is 1.03 bits per heavy atom. The summed E-state index contributed by atoms with van der Waals surface area (Å²) in [6.07, 6.45) is 0. The molecule has 154 valence electrons. The van der Waals surface area contributed by atoms with E-state index in [-0.39, 0.29) is 17.9 Å². The molecule has 0 saturated carbocycles. The highest BCUT2D eigenvalue weighted by atomic mass is 35.5. The average molecular weight is 417 g/mol. The van der Waals surface area contributed by atoms with Crippen LogP contribution in [-0.2, 0) is 19.7 Å². The minimum absolute atomic E-state index is 0.0109. The van der Waals surface area contributed by atoms with E-state index in [1.54, 1.807) is 30.3 Å². The fourth-order valence-electron chi connectivity index (χ4n) is 2.49. The lowest BCUT2D eigenvalue weighted by atomic mass is 9.87. The zero-order chi connectivity index (χ0) is 21.6. The van der Waals surface area contributed by atoms with E-state index in [0.717, 1.165) is 11.1 Å². The number of carbonyl (C=O) groups is 3. The average Bonchev–Trinajstić information content (AvgIpc) is 2.66. The molecule has 2 rings (SSSR count). The van der Waals surface area contributed by atoms with Gasteiger partial charge >= 0.3 is 5.97 Å². The number of ether oxygens (including phenoxy) is 1. The standard InChI is InChI=1S/C22H25ClN2O4/c1-14-5-10-17(23)11-18(14)25-19(26)13-29-20(27)12-24-21(28)15-6-8-16(9-7-15)22(2,3)4/h5-11H,12-13H2,1-4H3,(H,24,28)(H,25,26). The van der Waals surface area contributed by atoms with Gasteiger partial charge in [-0.1, -0.05) is 50.6 Å². The molecule has 0 aliphatic heterocycles. The highest BCUT2D eigenvalue weighted by Gasteiger charge is 2.15. The SMILES string of the molecule is Cc1ccc(Cl)cc1NC(=O)COC(=O)CNC(=O)c1ccc(C(C)(C)C)cc1. The quantitative estimate of drug-likeness (QED) is 0.700. The third kappa shape index (κ3) is 6.91. The fraction of sp³-hybridized carbons (Fsp3) is 0.318. The zero-order valence-corrected chi connectivity index (χ0v) is 17.7. The molecular weight excluding hydrogens is 392 g/mol. The van der Waals surface area contributed by atoms with Crippen molar-refractivity contribution in [1.29, 1.82) is 0 Å².